The summed E-state index contributed by atoms with van der Waals surface area (Å²) in [4.78, 5) is 43.4. The highest BCUT2D eigenvalue weighted by Gasteiger charge is 2.22. The van der Waals surface area contributed by atoms with Gasteiger partial charge in [-0.1, -0.05) is 0 Å². The minimum Gasteiger partial charge on any atom is -0.494 e. The van der Waals surface area contributed by atoms with Crippen molar-refractivity contribution in [3.8, 4) is 5.75 Å². The number of carbonyl (C=O) groups excluding carboxylic acids is 3. The van der Waals surface area contributed by atoms with Crippen LogP contribution in [-0.4, -0.2) is 75.9 Å². The molecule has 4 N–H and O–H groups in total. The van der Waals surface area contributed by atoms with Crippen molar-refractivity contribution >= 4 is 39.9 Å². The minimum absolute atomic E-state index is 0.00749. The van der Waals surface area contributed by atoms with Gasteiger partial charge < -0.3 is 35.5 Å². The van der Waals surface area contributed by atoms with Gasteiger partial charge in [-0.3, -0.25) is 14.4 Å². The largest absolute Gasteiger partial charge is 0.494 e. The van der Waals surface area contributed by atoms with Crippen LogP contribution in [0.5, 0.6) is 5.75 Å². The molecule has 0 bridgehead atoms. The zero-order chi connectivity index (χ0) is 26.6. The monoisotopic (exact) mass is 533 g/mol. The van der Waals surface area contributed by atoms with Gasteiger partial charge in [0.05, 0.1) is 24.5 Å². The highest BCUT2D eigenvalue weighted by molar-refractivity contribution is 7.13. The first-order valence-electron chi connectivity index (χ1n) is 12.3. The smallest absolute Gasteiger partial charge is 0.275 e. The van der Waals surface area contributed by atoms with Crippen molar-refractivity contribution in [3.63, 3.8) is 0 Å². The summed E-state index contributed by atoms with van der Waals surface area (Å²) in [7, 11) is 3.51. The van der Waals surface area contributed by atoms with E-state index in [1.165, 1.54) is 11.3 Å². The van der Waals surface area contributed by atoms with E-state index in [9.17, 15) is 14.4 Å². The zero-order valence-corrected chi connectivity index (χ0v) is 22.1. The molecule has 0 atom stereocenters. The second-order valence-corrected chi connectivity index (χ2v) is 9.56. The van der Waals surface area contributed by atoms with Crippen LogP contribution in [0.15, 0.2) is 23.6 Å². The molecule has 2 aromatic rings. The van der Waals surface area contributed by atoms with E-state index in [-0.39, 0.29) is 23.6 Å². The first kappa shape index (κ1) is 28.4. The average molecular weight is 534 g/mol. The Morgan fingerprint density at radius 1 is 1.19 bits per heavy atom. The molecular formula is C25H35N5O6S. The number of anilines is 2. The Morgan fingerprint density at radius 3 is 2.70 bits per heavy atom. The van der Waals surface area contributed by atoms with Crippen LogP contribution in [0.4, 0.5) is 10.8 Å². The number of primary amides is 1. The number of amides is 3. The standard InChI is InChI=1S/C25H35N5O6S/c1-30(10-14-34-2)25-29-21(16-37-25)24(33)28-20-7-6-18(36-11-4-3-5-22(26)31)15-19(20)23(32)27-17-8-12-35-13-9-17/h6-7,15-17H,3-5,8-14H2,1-2H3,(H2,26,31)(H,27,32)(H,28,33). The zero-order valence-electron chi connectivity index (χ0n) is 21.3. The van der Waals surface area contributed by atoms with E-state index in [0.717, 1.165) is 12.8 Å². The number of hydrogen-bond acceptors (Lipinski definition) is 9. The van der Waals surface area contributed by atoms with Crippen molar-refractivity contribution < 1.29 is 28.6 Å². The lowest BCUT2D eigenvalue weighted by molar-refractivity contribution is -0.118. The molecule has 0 aliphatic carbocycles. The van der Waals surface area contributed by atoms with Crippen molar-refractivity contribution in [1.29, 1.82) is 0 Å². The predicted molar refractivity (Wildman–Crippen MR) is 142 cm³/mol. The summed E-state index contributed by atoms with van der Waals surface area (Å²) in [6.07, 6.45) is 3.02. The summed E-state index contributed by atoms with van der Waals surface area (Å²) in [6.45, 7) is 2.74. The molecule has 3 amide bonds. The topological polar surface area (TPSA) is 145 Å². The molecule has 0 saturated carbocycles. The van der Waals surface area contributed by atoms with Crippen LogP contribution in [0.3, 0.4) is 0 Å². The Labute approximate surface area is 220 Å². The lowest BCUT2D eigenvalue weighted by Gasteiger charge is -2.23. The third-order valence-electron chi connectivity index (χ3n) is 5.81. The summed E-state index contributed by atoms with van der Waals surface area (Å²) in [5, 5.41) is 8.23. The van der Waals surface area contributed by atoms with Crippen molar-refractivity contribution in [1.82, 2.24) is 10.3 Å². The Bertz CT molecular complexity index is 1060. The average Bonchev–Trinajstić information content (AvgIpc) is 3.39. The highest BCUT2D eigenvalue weighted by Crippen LogP contribution is 2.25. The normalized spacial score (nSPS) is 13.7. The van der Waals surface area contributed by atoms with Crippen LogP contribution in [0.1, 0.15) is 53.0 Å². The van der Waals surface area contributed by atoms with E-state index < -0.39 is 5.91 Å². The van der Waals surface area contributed by atoms with E-state index >= 15 is 0 Å². The molecule has 1 aliphatic heterocycles. The van der Waals surface area contributed by atoms with Gasteiger partial charge in [0.25, 0.3) is 11.8 Å². The molecule has 1 aromatic heterocycles. The van der Waals surface area contributed by atoms with Crippen LogP contribution in [0.25, 0.3) is 0 Å². The van der Waals surface area contributed by atoms with Crippen molar-refractivity contribution in [3.05, 3.63) is 34.8 Å². The van der Waals surface area contributed by atoms with Crippen LogP contribution >= 0.6 is 11.3 Å². The fourth-order valence-electron chi connectivity index (χ4n) is 3.66. The number of thiazole rings is 1. The molecule has 1 aliphatic rings. The lowest BCUT2D eigenvalue weighted by atomic mass is 10.1. The fraction of sp³-hybridized carbons (Fsp3) is 0.520. The van der Waals surface area contributed by atoms with Crippen LogP contribution in [-0.2, 0) is 14.3 Å². The van der Waals surface area contributed by atoms with Crippen molar-refractivity contribution in [2.45, 2.75) is 38.1 Å². The number of nitrogens with one attached hydrogen (secondary N) is 2. The number of methoxy groups -OCH3 is 1. The quantitative estimate of drug-likeness (QED) is 0.314. The summed E-state index contributed by atoms with van der Waals surface area (Å²) in [5.41, 5.74) is 6.08. The minimum atomic E-state index is -0.414. The molecule has 2 heterocycles. The SMILES string of the molecule is COCCN(C)c1nc(C(=O)Nc2ccc(OCCCCC(N)=O)cc2C(=O)NC2CCOCC2)cs1. The number of rotatable bonds is 14. The van der Waals surface area contributed by atoms with E-state index in [4.69, 9.17) is 19.9 Å². The Morgan fingerprint density at radius 2 is 1.97 bits per heavy atom. The molecule has 12 heteroatoms. The van der Waals surface area contributed by atoms with Crippen LogP contribution < -0.4 is 26.0 Å². The molecule has 1 fully saturated rings. The molecule has 0 radical (unpaired) electrons. The van der Waals surface area contributed by atoms with Crippen molar-refractivity contribution in [2.24, 2.45) is 5.73 Å². The van der Waals surface area contributed by atoms with Crippen molar-refractivity contribution in [2.75, 3.05) is 57.3 Å². The van der Waals surface area contributed by atoms with E-state index in [0.29, 0.717) is 74.4 Å². The van der Waals surface area contributed by atoms with Gasteiger partial charge in [-0.15, -0.1) is 11.3 Å². The highest BCUT2D eigenvalue weighted by atomic mass is 32.1. The number of likely N-dealkylation sites (N-methyl/N-ethyl adjacent to an activating group) is 1. The number of unbranched alkanes of at least 4 members (excludes halogenated alkanes) is 1. The van der Waals surface area contributed by atoms with Crippen LogP contribution in [0, 0.1) is 0 Å². The van der Waals surface area contributed by atoms with E-state index in [2.05, 4.69) is 15.6 Å². The Balaban J connectivity index is 1.71. The maximum atomic E-state index is 13.2. The fourth-order valence-corrected chi connectivity index (χ4v) is 4.46. The second-order valence-electron chi connectivity index (χ2n) is 8.72. The second kappa shape index (κ2) is 14.5. The van der Waals surface area contributed by atoms with Gasteiger partial charge in [-0.2, -0.15) is 0 Å². The van der Waals surface area contributed by atoms with Gasteiger partial charge in [-0.25, -0.2) is 4.98 Å². The van der Waals surface area contributed by atoms with Crippen LogP contribution in [0.2, 0.25) is 0 Å². The molecule has 0 spiro atoms. The summed E-state index contributed by atoms with van der Waals surface area (Å²) >= 11 is 1.36. The molecule has 1 aromatic carbocycles. The number of nitrogens with zero attached hydrogens (tertiary/aromatic N) is 2. The molecule has 11 nitrogen and oxygen atoms in total. The number of benzene rings is 1. The number of aromatic nitrogens is 1. The number of carbonyl (C=O) groups is 3. The Hall–Kier alpha value is -3.22. The summed E-state index contributed by atoms with van der Waals surface area (Å²) in [5.74, 6) is -0.576. The third kappa shape index (κ3) is 8.99. The van der Waals surface area contributed by atoms with Gasteiger partial charge >= 0.3 is 0 Å². The van der Waals surface area contributed by atoms with Gasteiger partial charge in [0.1, 0.15) is 11.4 Å². The van der Waals surface area contributed by atoms with Gasteiger partial charge in [0.15, 0.2) is 5.13 Å². The molecule has 202 valence electrons. The third-order valence-corrected chi connectivity index (χ3v) is 6.76. The maximum absolute atomic E-state index is 13.2. The van der Waals surface area contributed by atoms with Gasteiger partial charge in [0, 0.05) is 51.8 Å². The van der Waals surface area contributed by atoms with Gasteiger partial charge in [-0.05, 0) is 43.9 Å². The van der Waals surface area contributed by atoms with E-state index in [1.807, 2.05) is 11.9 Å². The Kier molecular flexibility index (Phi) is 11.1. The summed E-state index contributed by atoms with van der Waals surface area (Å²) in [6, 6.07) is 4.95. The number of hydrogen-bond donors (Lipinski definition) is 3. The molecular weight excluding hydrogens is 498 g/mol. The number of ether oxygens (including phenoxy) is 3. The molecule has 0 unspecified atom stereocenters. The van der Waals surface area contributed by atoms with Gasteiger partial charge in [0.2, 0.25) is 5.91 Å². The van der Waals surface area contributed by atoms with E-state index in [1.54, 1.807) is 30.7 Å². The molecule has 3 rings (SSSR count). The lowest BCUT2D eigenvalue weighted by Crippen LogP contribution is -2.39. The molecule has 37 heavy (non-hydrogen) atoms. The number of nitrogens with two attached hydrogens (primary N) is 1. The first-order chi connectivity index (χ1) is 17.9. The molecule has 1 saturated heterocycles. The first-order valence-corrected chi connectivity index (χ1v) is 13.2. The predicted octanol–water partition coefficient (Wildman–Crippen LogP) is 2.42. The summed E-state index contributed by atoms with van der Waals surface area (Å²) < 4.78 is 16.3. The maximum Gasteiger partial charge on any atom is 0.275 e.